The van der Waals surface area contributed by atoms with Crippen LogP contribution in [0.25, 0.3) is 64.7 Å². The first kappa shape index (κ1) is 40.4. The lowest BCUT2D eigenvalue weighted by Gasteiger charge is -2.46. The van der Waals surface area contributed by atoms with Crippen molar-refractivity contribution in [3.63, 3.8) is 0 Å². The number of fused-ring (bicyclic) bond motifs is 8. The molecule has 0 aliphatic carbocycles. The maximum atomic E-state index is 2.68. The van der Waals surface area contributed by atoms with Crippen LogP contribution in [-0.2, 0) is 10.8 Å². The Hall–Kier alpha value is -7.14. The van der Waals surface area contributed by atoms with Crippen LogP contribution in [0.1, 0.15) is 52.7 Å². The number of thiophene rings is 1. The molecule has 0 N–H and O–H groups in total. The van der Waals surface area contributed by atoms with Crippen molar-refractivity contribution in [2.24, 2.45) is 0 Å². The van der Waals surface area contributed by atoms with Gasteiger partial charge in [0.05, 0.1) is 5.69 Å². The summed E-state index contributed by atoms with van der Waals surface area (Å²) in [5.74, 6) is 0. The van der Waals surface area contributed by atoms with Crippen molar-refractivity contribution in [3.8, 4) is 44.5 Å². The second-order valence-corrected chi connectivity index (χ2v) is 21.2. The van der Waals surface area contributed by atoms with E-state index >= 15 is 0 Å². The van der Waals surface area contributed by atoms with Crippen LogP contribution in [0, 0.1) is 0 Å². The van der Waals surface area contributed by atoms with E-state index in [9.17, 15) is 0 Å². The lowest BCUT2D eigenvalue weighted by molar-refractivity contribution is 0.590. The van der Waals surface area contributed by atoms with E-state index in [0.29, 0.717) is 0 Å². The summed E-state index contributed by atoms with van der Waals surface area (Å²) in [5.41, 5.74) is 21.0. The Morgan fingerprint density at radius 2 is 0.970 bits per heavy atom. The summed E-state index contributed by atoms with van der Waals surface area (Å²) < 4.78 is 2.64. The van der Waals surface area contributed by atoms with Gasteiger partial charge in [-0.3, -0.25) is 0 Å². The van der Waals surface area contributed by atoms with Crippen molar-refractivity contribution >= 4 is 77.7 Å². The first-order chi connectivity index (χ1) is 32.0. The minimum Gasteiger partial charge on any atom is -0.376 e. The highest BCUT2D eigenvalue weighted by Crippen LogP contribution is 2.52. The van der Waals surface area contributed by atoms with Crippen molar-refractivity contribution < 1.29 is 0 Å². The maximum Gasteiger partial charge on any atom is 0.334 e. The highest BCUT2D eigenvalue weighted by molar-refractivity contribution is 7.27. The van der Waals surface area contributed by atoms with Crippen LogP contribution in [0.3, 0.4) is 0 Å². The third-order valence-corrected chi connectivity index (χ3v) is 15.2. The van der Waals surface area contributed by atoms with E-state index in [1.165, 1.54) is 115 Å². The molecule has 4 heteroatoms. The summed E-state index contributed by atoms with van der Waals surface area (Å²) in [6.45, 7) is 13.7. The molecule has 10 aromatic rings. The molecule has 0 atom stereocenters. The van der Waals surface area contributed by atoms with Crippen LogP contribution in [0.2, 0.25) is 0 Å². The fourth-order valence-corrected chi connectivity index (χ4v) is 11.8. The van der Waals surface area contributed by atoms with E-state index in [0.717, 1.165) is 0 Å². The van der Waals surface area contributed by atoms with Crippen LogP contribution < -0.4 is 20.6 Å². The van der Waals surface area contributed by atoms with Crippen molar-refractivity contribution in [1.29, 1.82) is 0 Å². The third-order valence-electron chi connectivity index (χ3n) is 14.0. The molecular formula is C62H51BN2S. The molecule has 2 aliphatic rings. The summed E-state index contributed by atoms with van der Waals surface area (Å²) in [5, 5.41) is 2.61. The molecule has 9 aromatic carbocycles. The molecule has 0 saturated heterocycles. The molecule has 0 radical (unpaired) electrons. The highest BCUT2D eigenvalue weighted by atomic mass is 32.1. The molecule has 0 fully saturated rings. The Bertz CT molecular complexity index is 3490. The Morgan fingerprint density at radius 3 is 1.65 bits per heavy atom. The van der Waals surface area contributed by atoms with Crippen LogP contribution in [0.5, 0.6) is 0 Å². The van der Waals surface area contributed by atoms with Gasteiger partial charge >= 0.3 is 6.85 Å². The smallest absolute Gasteiger partial charge is 0.334 e. The minimum atomic E-state index is -0.143. The van der Waals surface area contributed by atoms with Gasteiger partial charge in [0.25, 0.3) is 0 Å². The van der Waals surface area contributed by atoms with Crippen LogP contribution >= 0.6 is 11.3 Å². The van der Waals surface area contributed by atoms with E-state index < -0.39 is 0 Å². The zero-order valence-electron chi connectivity index (χ0n) is 38.4. The van der Waals surface area contributed by atoms with E-state index in [-0.39, 0.29) is 17.7 Å². The molecule has 3 heterocycles. The van der Waals surface area contributed by atoms with Crippen molar-refractivity contribution in [2.75, 3.05) is 9.71 Å². The largest absolute Gasteiger partial charge is 0.376 e. The quantitative estimate of drug-likeness (QED) is 0.159. The molecule has 0 unspecified atom stereocenters. The van der Waals surface area contributed by atoms with Gasteiger partial charge in [-0.1, -0.05) is 187 Å². The summed E-state index contributed by atoms with van der Waals surface area (Å²) in [7, 11) is 0. The lowest BCUT2D eigenvalue weighted by Crippen LogP contribution is -2.61. The topological polar surface area (TPSA) is 6.48 Å². The Kier molecular flexibility index (Phi) is 9.31. The van der Waals surface area contributed by atoms with Gasteiger partial charge in [-0.15, -0.1) is 11.3 Å². The summed E-state index contributed by atoms with van der Waals surface area (Å²) in [4.78, 5) is 5.31. The van der Waals surface area contributed by atoms with Crippen molar-refractivity contribution in [3.05, 3.63) is 211 Å². The fourth-order valence-electron chi connectivity index (χ4n) is 10.5. The standard InChI is InChI=1S/C62H51BN2S/c1-61(2,3)45-27-30-47(31-28-45)65-55-37-43(40-18-10-7-11-19-40)26-32-48(55)52-36-44(41-20-12-8-13-21-41)38-56-58(52)63(65)59-54(35-33-50-49-24-16-17-25-57(49)66-60(50)59)64(56)53-34-29-46(62(4,5)6)39-51(53)42-22-14-9-15-23-42/h7-39H,1-6H3. The average molecular weight is 867 g/mol. The monoisotopic (exact) mass is 866 g/mol. The van der Waals surface area contributed by atoms with Gasteiger partial charge in [-0.05, 0) is 121 Å². The number of nitrogens with zero attached hydrogens (tertiary/aromatic N) is 2. The highest BCUT2D eigenvalue weighted by Gasteiger charge is 2.47. The van der Waals surface area contributed by atoms with Gasteiger partial charge in [0.1, 0.15) is 0 Å². The number of hydrogen-bond donors (Lipinski definition) is 0. The predicted octanol–water partition coefficient (Wildman–Crippen LogP) is 16.4. The van der Waals surface area contributed by atoms with E-state index in [1.54, 1.807) is 0 Å². The first-order valence-electron chi connectivity index (χ1n) is 23.3. The third kappa shape index (κ3) is 6.53. The SMILES string of the molecule is CC(C)(C)c1ccc(N2B3c4c(cc(-c5ccccc5)cc4N(c4ccc(C(C)(C)C)cc4-c4ccccc4)c4ccc5c(sc6ccccc65)c43)-c3ccc(-c4ccccc4)cc32)cc1. The molecule has 318 valence electrons. The first-order valence-corrected chi connectivity index (χ1v) is 24.1. The maximum absolute atomic E-state index is 2.68. The van der Waals surface area contributed by atoms with E-state index in [1.807, 2.05) is 11.3 Å². The van der Waals surface area contributed by atoms with Gasteiger partial charge < -0.3 is 9.71 Å². The zero-order chi connectivity index (χ0) is 44.9. The van der Waals surface area contributed by atoms with E-state index in [2.05, 4.69) is 251 Å². The van der Waals surface area contributed by atoms with E-state index in [4.69, 9.17) is 0 Å². The fraction of sp³-hybridized carbons (Fsp3) is 0.129. The molecular weight excluding hydrogens is 816 g/mol. The molecule has 0 bridgehead atoms. The molecule has 0 saturated carbocycles. The summed E-state index contributed by atoms with van der Waals surface area (Å²) in [6.07, 6.45) is 0. The minimum absolute atomic E-state index is 0.0204. The van der Waals surface area contributed by atoms with Gasteiger partial charge in [-0.25, -0.2) is 0 Å². The number of rotatable bonds is 5. The second-order valence-electron chi connectivity index (χ2n) is 20.1. The van der Waals surface area contributed by atoms with Gasteiger partial charge in [0.15, 0.2) is 0 Å². The average Bonchev–Trinajstić information content (AvgIpc) is 3.73. The van der Waals surface area contributed by atoms with Gasteiger partial charge in [-0.2, -0.15) is 0 Å². The summed E-state index contributed by atoms with van der Waals surface area (Å²) >= 11 is 1.93. The molecule has 12 rings (SSSR count). The second kappa shape index (κ2) is 15.2. The zero-order valence-corrected chi connectivity index (χ0v) is 39.2. The van der Waals surface area contributed by atoms with Crippen molar-refractivity contribution in [1.82, 2.24) is 0 Å². The predicted molar refractivity (Wildman–Crippen MR) is 287 cm³/mol. The molecule has 66 heavy (non-hydrogen) atoms. The number of anilines is 5. The van der Waals surface area contributed by atoms with Crippen molar-refractivity contribution in [2.45, 2.75) is 52.4 Å². The molecule has 1 aromatic heterocycles. The van der Waals surface area contributed by atoms with Gasteiger partial charge in [0, 0.05) is 54.0 Å². The molecule has 0 amide bonds. The molecule has 2 aliphatic heterocycles. The molecule has 0 spiro atoms. The Balaban J connectivity index is 1.25. The van der Waals surface area contributed by atoms with Gasteiger partial charge in [0.2, 0.25) is 0 Å². The van der Waals surface area contributed by atoms with Crippen LogP contribution in [0.15, 0.2) is 200 Å². The number of hydrogen-bond acceptors (Lipinski definition) is 3. The Labute approximate surface area is 393 Å². The molecule has 2 nitrogen and oxygen atoms in total. The lowest BCUT2D eigenvalue weighted by atomic mass is 9.43. The van der Waals surface area contributed by atoms with Crippen LogP contribution in [-0.4, -0.2) is 6.85 Å². The van der Waals surface area contributed by atoms with Crippen LogP contribution in [0.4, 0.5) is 28.4 Å². The Morgan fingerprint density at radius 1 is 0.379 bits per heavy atom. The number of benzene rings is 9. The normalized spacial score (nSPS) is 13.2. The summed E-state index contributed by atoms with van der Waals surface area (Å²) in [6, 6.07) is 75.4.